The fourth-order valence-electron chi connectivity index (χ4n) is 1.49. The smallest absolute Gasteiger partial charge is 0.263 e. The number of hydrogen-bond donors (Lipinski definition) is 2. The highest BCUT2D eigenvalue weighted by molar-refractivity contribution is 7.12. The van der Waals surface area contributed by atoms with Crippen LogP contribution >= 0.6 is 11.3 Å². The number of hydrogen-bond acceptors (Lipinski definition) is 3. The quantitative estimate of drug-likeness (QED) is 0.867. The van der Waals surface area contributed by atoms with Crippen molar-refractivity contribution in [1.29, 1.82) is 0 Å². The number of aromatic nitrogens is 1. The lowest BCUT2D eigenvalue weighted by molar-refractivity contribution is 0.0928. The van der Waals surface area contributed by atoms with Gasteiger partial charge in [0.15, 0.2) is 0 Å². The Labute approximate surface area is 104 Å². The summed E-state index contributed by atoms with van der Waals surface area (Å²) in [6, 6.07) is 5.73. The highest BCUT2D eigenvalue weighted by atomic mass is 32.1. The van der Waals surface area contributed by atoms with Gasteiger partial charge < -0.3 is 15.0 Å². The minimum atomic E-state index is -0.533. The first kappa shape index (κ1) is 11.9. The van der Waals surface area contributed by atoms with Crippen molar-refractivity contribution in [2.75, 3.05) is 6.54 Å². The molecule has 5 heteroatoms. The first-order chi connectivity index (χ1) is 8.18. The lowest BCUT2D eigenvalue weighted by Gasteiger charge is -2.08. The van der Waals surface area contributed by atoms with Crippen molar-refractivity contribution in [3.05, 3.63) is 40.8 Å². The Morgan fingerprint density at radius 2 is 2.24 bits per heavy atom. The number of aliphatic hydroxyl groups excluding tert-OH is 1. The Kier molecular flexibility index (Phi) is 3.61. The van der Waals surface area contributed by atoms with Gasteiger partial charge in [-0.2, -0.15) is 0 Å². The number of thiophene rings is 1. The van der Waals surface area contributed by atoms with Gasteiger partial charge in [-0.05, 0) is 30.5 Å². The molecule has 90 valence electrons. The van der Waals surface area contributed by atoms with E-state index in [-0.39, 0.29) is 12.5 Å². The van der Waals surface area contributed by atoms with Crippen LogP contribution in [0.2, 0.25) is 0 Å². The van der Waals surface area contributed by atoms with Crippen molar-refractivity contribution in [2.24, 2.45) is 0 Å². The molecule has 2 heterocycles. The number of carbonyl (C=O) groups is 1. The molecule has 0 aliphatic rings. The standard InChI is InChI=1S/C12H14N2O2S/c1-9(15)8-13-12(16)11-10(4-7-17-11)14-5-2-3-6-14/h2-7,9,15H,8H2,1H3,(H,13,16)/t9-/m0/s1. The molecule has 1 amide bonds. The van der Waals surface area contributed by atoms with Gasteiger partial charge in [-0.3, -0.25) is 4.79 Å². The summed E-state index contributed by atoms with van der Waals surface area (Å²) in [6.07, 6.45) is 3.26. The molecule has 0 radical (unpaired) electrons. The number of carbonyl (C=O) groups excluding carboxylic acids is 1. The van der Waals surface area contributed by atoms with Gasteiger partial charge in [0.2, 0.25) is 0 Å². The third-order valence-corrected chi connectivity index (χ3v) is 3.19. The minimum absolute atomic E-state index is 0.149. The van der Waals surface area contributed by atoms with Crippen LogP contribution in [0.3, 0.4) is 0 Å². The fourth-order valence-corrected chi connectivity index (χ4v) is 2.30. The zero-order chi connectivity index (χ0) is 12.3. The first-order valence-corrected chi connectivity index (χ1v) is 6.23. The summed E-state index contributed by atoms with van der Waals surface area (Å²) < 4.78 is 1.90. The van der Waals surface area contributed by atoms with Gasteiger partial charge in [0.05, 0.1) is 11.8 Å². The molecule has 0 saturated carbocycles. The average Bonchev–Trinajstić information content (AvgIpc) is 2.94. The maximum absolute atomic E-state index is 11.9. The van der Waals surface area contributed by atoms with Gasteiger partial charge in [0.1, 0.15) is 4.88 Å². The average molecular weight is 250 g/mol. The molecule has 0 fully saturated rings. The van der Waals surface area contributed by atoms with Gasteiger partial charge in [-0.1, -0.05) is 0 Å². The molecule has 0 aliphatic heterocycles. The molecular weight excluding hydrogens is 236 g/mol. The topological polar surface area (TPSA) is 54.3 Å². The molecule has 0 unspecified atom stereocenters. The number of nitrogens with one attached hydrogen (secondary N) is 1. The second-order valence-electron chi connectivity index (χ2n) is 3.78. The van der Waals surface area contributed by atoms with E-state index in [9.17, 15) is 4.79 Å². The van der Waals surface area contributed by atoms with Crippen molar-refractivity contribution >= 4 is 17.2 Å². The fraction of sp³-hybridized carbons (Fsp3) is 0.250. The number of rotatable bonds is 4. The van der Waals surface area contributed by atoms with Crippen LogP contribution in [0.15, 0.2) is 36.0 Å². The Bertz CT molecular complexity index is 488. The van der Waals surface area contributed by atoms with Crippen molar-refractivity contribution < 1.29 is 9.90 Å². The van der Waals surface area contributed by atoms with Gasteiger partial charge in [0, 0.05) is 18.9 Å². The van der Waals surface area contributed by atoms with Gasteiger partial charge in [-0.15, -0.1) is 11.3 Å². The van der Waals surface area contributed by atoms with Crippen LogP contribution in [-0.2, 0) is 0 Å². The zero-order valence-electron chi connectivity index (χ0n) is 9.46. The molecule has 4 nitrogen and oxygen atoms in total. The Hall–Kier alpha value is -1.59. The molecule has 0 aromatic carbocycles. The van der Waals surface area contributed by atoms with Crippen LogP contribution in [0.1, 0.15) is 16.6 Å². The van der Waals surface area contributed by atoms with Crippen LogP contribution in [0.25, 0.3) is 5.69 Å². The third kappa shape index (κ3) is 2.75. The molecular formula is C12H14N2O2S. The lowest BCUT2D eigenvalue weighted by atomic mass is 10.3. The second-order valence-corrected chi connectivity index (χ2v) is 4.70. The summed E-state index contributed by atoms with van der Waals surface area (Å²) >= 11 is 1.39. The lowest BCUT2D eigenvalue weighted by Crippen LogP contribution is -2.30. The molecule has 17 heavy (non-hydrogen) atoms. The van der Waals surface area contributed by atoms with Gasteiger partial charge in [-0.25, -0.2) is 0 Å². The van der Waals surface area contributed by atoms with Crippen molar-refractivity contribution in [3.63, 3.8) is 0 Å². The maximum atomic E-state index is 11.9. The molecule has 2 N–H and O–H groups in total. The van der Waals surface area contributed by atoms with E-state index in [1.165, 1.54) is 11.3 Å². The van der Waals surface area contributed by atoms with E-state index >= 15 is 0 Å². The molecule has 1 atom stereocenters. The molecule has 0 spiro atoms. The number of amides is 1. The molecule has 0 saturated heterocycles. The highest BCUT2D eigenvalue weighted by Gasteiger charge is 2.14. The van der Waals surface area contributed by atoms with E-state index in [1.54, 1.807) is 6.92 Å². The van der Waals surface area contributed by atoms with Crippen LogP contribution < -0.4 is 5.32 Å². The molecule has 2 aromatic heterocycles. The summed E-state index contributed by atoms with van der Waals surface area (Å²) in [6.45, 7) is 1.91. The molecule has 0 aliphatic carbocycles. The highest BCUT2D eigenvalue weighted by Crippen LogP contribution is 2.21. The monoisotopic (exact) mass is 250 g/mol. The number of aliphatic hydroxyl groups is 1. The largest absolute Gasteiger partial charge is 0.392 e. The predicted molar refractivity (Wildman–Crippen MR) is 67.7 cm³/mol. The molecule has 2 rings (SSSR count). The Morgan fingerprint density at radius 3 is 2.88 bits per heavy atom. The van der Waals surface area contributed by atoms with Crippen LogP contribution in [0.4, 0.5) is 0 Å². The van der Waals surface area contributed by atoms with E-state index in [0.29, 0.717) is 4.88 Å². The SMILES string of the molecule is C[C@H](O)CNC(=O)c1sccc1-n1cccc1. The van der Waals surface area contributed by atoms with E-state index in [4.69, 9.17) is 5.11 Å². The van der Waals surface area contributed by atoms with Crippen LogP contribution in [0.5, 0.6) is 0 Å². The van der Waals surface area contributed by atoms with Crippen LogP contribution in [-0.4, -0.2) is 28.2 Å². The summed E-state index contributed by atoms with van der Waals surface area (Å²) in [5, 5.41) is 13.7. The predicted octanol–water partition coefficient (Wildman–Crippen LogP) is 1.65. The second kappa shape index (κ2) is 5.16. The van der Waals surface area contributed by atoms with E-state index in [2.05, 4.69) is 5.32 Å². The summed E-state index contributed by atoms with van der Waals surface area (Å²) in [5.74, 6) is -0.149. The summed E-state index contributed by atoms with van der Waals surface area (Å²) in [4.78, 5) is 12.6. The van der Waals surface area contributed by atoms with E-state index in [0.717, 1.165) is 5.69 Å². The molecule has 2 aromatic rings. The molecule has 0 bridgehead atoms. The van der Waals surface area contributed by atoms with E-state index in [1.807, 2.05) is 40.5 Å². The van der Waals surface area contributed by atoms with Gasteiger partial charge >= 0.3 is 0 Å². The summed E-state index contributed by atoms with van der Waals surface area (Å²) in [7, 11) is 0. The normalized spacial score (nSPS) is 12.4. The van der Waals surface area contributed by atoms with Gasteiger partial charge in [0.25, 0.3) is 5.91 Å². The van der Waals surface area contributed by atoms with Crippen LogP contribution in [0, 0.1) is 0 Å². The van der Waals surface area contributed by atoms with Crippen molar-refractivity contribution in [2.45, 2.75) is 13.0 Å². The van der Waals surface area contributed by atoms with E-state index < -0.39 is 6.10 Å². The maximum Gasteiger partial charge on any atom is 0.263 e. The van der Waals surface area contributed by atoms with Crippen molar-refractivity contribution in [3.8, 4) is 5.69 Å². The summed E-state index contributed by atoms with van der Waals surface area (Å²) in [5.41, 5.74) is 0.864. The number of nitrogens with zero attached hydrogens (tertiary/aromatic N) is 1. The Balaban J connectivity index is 2.17. The van der Waals surface area contributed by atoms with Crippen molar-refractivity contribution in [1.82, 2.24) is 9.88 Å². The zero-order valence-corrected chi connectivity index (χ0v) is 10.3. The minimum Gasteiger partial charge on any atom is -0.392 e. The first-order valence-electron chi connectivity index (χ1n) is 5.35. The third-order valence-electron chi connectivity index (χ3n) is 2.29. The Morgan fingerprint density at radius 1 is 1.53 bits per heavy atom.